The highest BCUT2D eigenvalue weighted by molar-refractivity contribution is 7.13. The zero-order chi connectivity index (χ0) is 51.8. The summed E-state index contributed by atoms with van der Waals surface area (Å²) in [5, 5.41) is 22.5. The van der Waals surface area contributed by atoms with Crippen LogP contribution in [0.3, 0.4) is 0 Å². The van der Waals surface area contributed by atoms with Crippen molar-refractivity contribution >= 4 is 40.9 Å². The normalized spacial score (nSPS) is 17.4. The molecule has 5 amide bonds. The molecule has 0 unspecified atom stereocenters. The van der Waals surface area contributed by atoms with E-state index in [4.69, 9.17) is 19.2 Å². The van der Waals surface area contributed by atoms with Gasteiger partial charge in [0.25, 0.3) is 5.91 Å². The van der Waals surface area contributed by atoms with Crippen LogP contribution in [0.2, 0.25) is 0 Å². The van der Waals surface area contributed by atoms with Crippen LogP contribution in [0.15, 0.2) is 66.3 Å². The van der Waals surface area contributed by atoms with Crippen LogP contribution in [0.5, 0.6) is 11.5 Å². The van der Waals surface area contributed by atoms with E-state index < -0.39 is 35.4 Å². The highest BCUT2D eigenvalue weighted by Crippen LogP contribution is 2.36. The van der Waals surface area contributed by atoms with Gasteiger partial charge in [-0.3, -0.25) is 24.0 Å². The van der Waals surface area contributed by atoms with E-state index in [0.717, 1.165) is 82.1 Å². The van der Waals surface area contributed by atoms with Crippen LogP contribution in [0.25, 0.3) is 21.7 Å². The molecule has 18 heteroatoms. The van der Waals surface area contributed by atoms with Gasteiger partial charge in [-0.2, -0.15) is 0 Å². The summed E-state index contributed by atoms with van der Waals surface area (Å²) in [6.07, 6.45) is 5.66. The Labute approximate surface area is 430 Å². The Morgan fingerprint density at radius 2 is 1.67 bits per heavy atom. The van der Waals surface area contributed by atoms with Gasteiger partial charge >= 0.3 is 0 Å². The average molecular weight is 1020 g/mol. The summed E-state index contributed by atoms with van der Waals surface area (Å²) < 4.78 is 19.6. The number of rotatable bonds is 21. The quantitative estimate of drug-likeness (QED) is 0.0526. The summed E-state index contributed by atoms with van der Waals surface area (Å²) in [6.45, 7) is 11.3. The standard InChI is InChI=1S/C55H68N8O9S/c1-33-45(70-6)26-39(52(67)60-42-17-16-36-14-15-38(25-41(36)42)43-31-62-21-7-9-47(62)59-43)27-46(33)72-22-8-20-56-48(65)18-23-71-24-19-49(66)61-51(55(3,4)5)54(69)63-30-40(64)28-44(63)53(68)57-29-35-10-12-37(13-11-35)50-34(2)58-32-73-50/h10-15,25-27,31-32,40,42,44,51,64H,7-9,16-24,28-30H2,1-6H3,(H,56,65)(H,57,68)(H,60,67)(H,61,66)/t40-,42-,44+,51-/m1/s1. The Balaban J connectivity index is 0.733. The lowest BCUT2D eigenvalue weighted by Crippen LogP contribution is -2.57. The summed E-state index contributed by atoms with van der Waals surface area (Å²) in [5.74, 6) is 0.477. The maximum atomic E-state index is 14.0. The van der Waals surface area contributed by atoms with Crippen LogP contribution in [-0.2, 0) is 49.8 Å². The summed E-state index contributed by atoms with van der Waals surface area (Å²) in [5.41, 5.74) is 9.51. The monoisotopic (exact) mass is 1020 g/mol. The number of β-amino-alcohol motifs (C(OH)–C–C–N with tert-alkyl or cyclic N) is 1. The van der Waals surface area contributed by atoms with Crippen LogP contribution < -0.4 is 30.7 Å². The lowest BCUT2D eigenvalue weighted by molar-refractivity contribution is -0.144. The van der Waals surface area contributed by atoms with Crippen LogP contribution in [-0.4, -0.2) is 112 Å². The van der Waals surface area contributed by atoms with Crippen molar-refractivity contribution in [3.63, 3.8) is 0 Å². The maximum absolute atomic E-state index is 14.0. The first kappa shape index (κ1) is 52.7. The fourth-order valence-corrected chi connectivity index (χ4v) is 10.5. The molecule has 2 aromatic heterocycles. The molecule has 17 nitrogen and oxygen atoms in total. The Kier molecular flexibility index (Phi) is 17.0. The van der Waals surface area contributed by atoms with Gasteiger partial charge in [-0.15, -0.1) is 11.3 Å². The van der Waals surface area contributed by atoms with E-state index in [0.29, 0.717) is 30.0 Å². The number of aliphatic hydroxyl groups is 1. The Bertz CT molecular complexity index is 2780. The number of methoxy groups -OCH3 is 1. The Morgan fingerprint density at radius 1 is 0.918 bits per heavy atom. The molecule has 4 heterocycles. The van der Waals surface area contributed by atoms with Crippen molar-refractivity contribution < 1.29 is 43.3 Å². The fraction of sp³-hybridized carbons (Fsp3) is 0.473. The molecule has 4 atom stereocenters. The van der Waals surface area contributed by atoms with E-state index >= 15 is 0 Å². The summed E-state index contributed by atoms with van der Waals surface area (Å²) >= 11 is 1.57. The van der Waals surface area contributed by atoms with E-state index in [2.05, 4.69) is 55.2 Å². The molecule has 73 heavy (non-hydrogen) atoms. The minimum atomic E-state index is -0.975. The van der Waals surface area contributed by atoms with Crippen LogP contribution in [0, 0.1) is 19.3 Å². The number of nitrogens with one attached hydrogen (secondary N) is 4. The molecule has 0 bridgehead atoms. The SMILES string of the molecule is COc1cc(C(=O)N[C@@H]2CCc3ccc(-c4cn5c(n4)CCC5)cc32)cc(OCCCNC(=O)CCOCCC(=O)N[C@H](C(=O)N2C[C@H](O)C[C@H]2C(=O)NCc2ccc(-c3scnc3C)cc2)C(C)(C)C)c1C. The summed E-state index contributed by atoms with van der Waals surface area (Å²) in [6, 6.07) is 15.7. The first-order chi connectivity index (χ1) is 35.1. The zero-order valence-corrected chi connectivity index (χ0v) is 43.5. The Morgan fingerprint density at radius 3 is 2.40 bits per heavy atom. The topological polar surface area (TPSA) is 215 Å². The molecule has 388 valence electrons. The van der Waals surface area contributed by atoms with E-state index in [1.807, 2.05) is 64.4 Å². The second kappa shape index (κ2) is 23.5. The number of benzene rings is 3. The number of carbonyl (C=O) groups is 5. The number of nitrogens with zero attached hydrogens (tertiary/aromatic N) is 4. The highest BCUT2D eigenvalue weighted by atomic mass is 32.1. The molecular weight excluding hydrogens is 949 g/mol. The first-order valence-corrected chi connectivity index (χ1v) is 26.1. The molecule has 3 aliphatic rings. The molecule has 0 spiro atoms. The third kappa shape index (κ3) is 13.0. The largest absolute Gasteiger partial charge is 0.496 e. The van der Waals surface area contributed by atoms with Gasteiger partial charge in [-0.05, 0) is 85.4 Å². The minimum absolute atomic E-state index is 0.0265. The fourth-order valence-electron chi connectivity index (χ4n) is 9.72. The minimum Gasteiger partial charge on any atom is -0.496 e. The van der Waals surface area contributed by atoms with Crippen LogP contribution >= 0.6 is 11.3 Å². The molecule has 8 rings (SSSR count). The Hall–Kier alpha value is -6.63. The van der Waals surface area contributed by atoms with Crippen LogP contribution in [0.1, 0.15) is 109 Å². The average Bonchev–Trinajstić information content (AvgIpc) is 4.23. The van der Waals surface area contributed by atoms with Crippen molar-refractivity contribution in [2.45, 2.75) is 123 Å². The third-order valence-electron chi connectivity index (χ3n) is 13.8. The molecule has 1 fully saturated rings. The van der Waals surface area contributed by atoms with Gasteiger partial charge in [0.15, 0.2) is 0 Å². The highest BCUT2D eigenvalue weighted by Gasteiger charge is 2.44. The molecule has 1 saturated heterocycles. The van der Waals surface area contributed by atoms with Crippen molar-refractivity contribution in [1.82, 2.24) is 40.7 Å². The lowest BCUT2D eigenvalue weighted by atomic mass is 9.85. The van der Waals surface area contributed by atoms with Gasteiger partial charge in [0.05, 0.1) is 60.9 Å². The number of aliphatic hydroxyl groups excluding tert-OH is 1. The number of thiazole rings is 1. The van der Waals surface area contributed by atoms with Gasteiger partial charge in [0.2, 0.25) is 23.6 Å². The van der Waals surface area contributed by atoms with Crippen molar-refractivity contribution in [1.29, 1.82) is 0 Å². The number of likely N-dealkylation sites (tertiary alicyclic amines) is 1. The summed E-state index contributed by atoms with van der Waals surface area (Å²) in [4.78, 5) is 78.6. The third-order valence-corrected chi connectivity index (χ3v) is 14.8. The number of hydrogen-bond acceptors (Lipinski definition) is 12. The van der Waals surface area contributed by atoms with E-state index in [-0.39, 0.29) is 75.9 Å². The number of fused-ring (bicyclic) bond motifs is 2. The van der Waals surface area contributed by atoms with Gasteiger partial charge in [-0.25, -0.2) is 9.97 Å². The van der Waals surface area contributed by atoms with Crippen molar-refractivity contribution in [2.75, 3.05) is 40.0 Å². The van der Waals surface area contributed by atoms with E-state index in [1.165, 1.54) is 10.5 Å². The van der Waals surface area contributed by atoms with E-state index in [9.17, 15) is 29.1 Å². The molecule has 3 aromatic carbocycles. The number of carbonyl (C=O) groups excluding carboxylic acids is 5. The molecule has 0 saturated carbocycles. The molecule has 1 aliphatic carbocycles. The van der Waals surface area contributed by atoms with Crippen molar-refractivity contribution in [3.8, 4) is 33.2 Å². The number of aromatic nitrogens is 3. The molecule has 5 N–H and O–H groups in total. The number of aryl methyl sites for hydroxylation is 4. The van der Waals surface area contributed by atoms with Gasteiger partial charge in [-0.1, -0.05) is 57.2 Å². The van der Waals surface area contributed by atoms with Crippen LogP contribution in [0.4, 0.5) is 0 Å². The second-order valence-corrected chi connectivity index (χ2v) is 21.1. The van der Waals surface area contributed by atoms with Gasteiger partial charge in [0, 0.05) is 74.7 Å². The van der Waals surface area contributed by atoms with Gasteiger partial charge < -0.3 is 50.1 Å². The number of hydrogen-bond donors (Lipinski definition) is 5. The first-order valence-electron chi connectivity index (χ1n) is 25.3. The molecule has 2 aliphatic heterocycles. The molecule has 5 aromatic rings. The molecular formula is C55H68N8O9S. The number of ether oxygens (including phenoxy) is 3. The number of amides is 5. The predicted octanol–water partition coefficient (Wildman–Crippen LogP) is 6.15. The zero-order valence-electron chi connectivity index (χ0n) is 42.7. The predicted molar refractivity (Wildman–Crippen MR) is 277 cm³/mol. The lowest BCUT2D eigenvalue weighted by Gasteiger charge is -2.35. The number of imidazole rings is 1. The summed E-state index contributed by atoms with van der Waals surface area (Å²) in [7, 11) is 1.56. The molecule has 0 radical (unpaired) electrons. The second-order valence-electron chi connectivity index (χ2n) is 20.2. The van der Waals surface area contributed by atoms with Gasteiger partial charge in [0.1, 0.15) is 29.4 Å². The van der Waals surface area contributed by atoms with E-state index in [1.54, 1.807) is 30.6 Å². The smallest absolute Gasteiger partial charge is 0.252 e. The van der Waals surface area contributed by atoms with Crippen molar-refractivity contribution in [3.05, 3.63) is 106 Å². The maximum Gasteiger partial charge on any atom is 0.252 e. The van der Waals surface area contributed by atoms with Crippen molar-refractivity contribution in [2.24, 2.45) is 5.41 Å².